The second kappa shape index (κ2) is 3.64. The third kappa shape index (κ3) is 2.07. The van der Waals surface area contributed by atoms with Gasteiger partial charge in [-0.05, 0) is 62.1 Å². The zero-order valence-electron chi connectivity index (χ0n) is 10.0. The van der Waals surface area contributed by atoms with Gasteiger partial charge in [0.1, 0.15) is 0 Å². The molecule has 0 bridgehead atoms. The van der Waals surface area contributed by atoms with Crippen molar-refractivity contribution < 1.29 is 0 Å². The van der Waals surface area contributed by atoms with Crippen LogP contribution < -0.4 is 5.73 Å². The van der Waals surface area contributed by atoms with E-state index in [-0.39, 0.29) is 0 Å². The van der Waals surface area contributed by atoms with Gasteiger partial charge in [0.25, 0.3) is 0 Å². The van der Waals surface area contributed by atoms with Crippen LogP contribution in [0.3, 0.4) is 0 Å². The van der Waals surface area contributed by atoms with E-state index in [1.54, 1.807) is 0 Å². The van der Waals surface area contributed by atoms with E-state index in [2.05, 4.69) is 39.0 Å². The molecular weight excluding hydrogens is 182 g/mol. The lowest BCUT2D eigenvalue weighted by molar-refractivity contribution is 0.418. The van der Waals surface area contributed by atoms with E-state index in [0.717, 1.165) is 6.42 Å². The molecular formula is C14H21N. The maximum atomic E-state index is 6.05. The Kier molecular flexibility index (Phi) is 2.59. The first-order valence-electron chi connectivity index (χ1n) is 5.85. The van der Waals surface area contributed by atoms with E-state index in [1.807, 2.05) is 0 Å². The quantitative estimate of drug-likeness (QED) is 0.803. The van der Waals surface area contributed by atoms with E-state index >= 15 is 0 Å². The smallest absolute Gasteiger partial charge is 0.00702 e. The summed E-state index contributed by atoms with van der Waals surface area (Å²) in [4.78, 5) is 0. The molecule has 1 saturated carbocycles. The van der Waals surface area contributed by atoms with Crippen molar-refractivity contribution in [3.63, 3.8) is 0 Å². The van der Waals surface area contributed by atoms with Crippen LogP contribution in [0.25, 0.3) is 0 Å². The Morgan fingerprint density at radius 1 is 1.27 bits per heavy atom. The first-order chi connectivity index (χ1) is 7.03. The molecule has 1 atom stereocenters. The van der Waals surface area contributed by atoms with Gasteiger partial charge in [-0.15, -0.1) is 0 Å². The van der Waals surface area contributed by atoms with Crippen molar-refractivity contribution in [2.24, 2.45) is 11.1 Å². The van der Waals surface area contributed by atoms with E-state index in [0.29, 0.717) is 11.5 Å². The van der Waals surface area contributed by atoms with Crippen LogP contribution in [0.1, 0.15) is 36.5 Å². The Hall–Kier alpha value is -0.820. The first-order valence-corrected chi connectivity index (χ1v) is 5.85. The molecule has 0 spiro atoms. The summed E-state index contributed by atoms with van der Waals surface area (Å²) in [6.07, 6.45) is 3.76. The topological polar surface area (TPSA) is 26.0 Å². The molecule has 1 aliphatic rings. The van der Waals surface area contributed by atoms with Gasteiger partial charge < -0.3 is 5.73 Å². The van der Waals surface area contributed by atoms with Gasteiger partial charge in [0.2, 0.25) is 0 Å². The van der Waals surface area contributed by atoms with Crippen LogP contribution in [0, 0.1) is 19.3 Å². The van der Waals surface area contributed by atoms with Gasteiger partial charge >= 0.3 is 0 Å². The van der Waals surface area contributed by atoms with Crippen LogP contribution in [0.5, 0.6) is 0 Å². The molecule has 0 aromatic heterocycles. The zero-order valence-corrected chi connectivity index (χ0v) is 10.0. The fraction of sp³-hybridized carbons (Fsp3) is 0.571. The summed E-state index contributed by atoms with van der Waals surface area (Å²) >= 11 is 0. The van der Waals surface area contributed by atoms with Crippen molar-refractivity contribution in [1.29, 1.82) is 0 Å². The Labute approximate surface area is 92.7 Å². The number of hydrogen-bond donors (Lipinski definition) is 1. The summed E-state index contributed by atoms with van der Waals surface area (Å²) in [6, 6.07) is 7.13. The summed E-state index contributed by atoms with van der Waals surface area (Å²) in [7, 11) is 0. The summed E-state index contributed by atoms with van der Waals surface area (Å²) < 4.78 is 0. The summed E-state index contributed by atoms with van der Waals surface area (Å²) in [6.45, 7) is 6.50. The maximum absolute atomic E-state index is 6.05. The highest BCUT2D eigenvalue weighted by Gasteiger charge is 2.45. The van der Waals surface area contributed by atoms with Crippen molar-refractivity contribution in [3.05, 3.63) is 34.9 Å². The van der Waals surface area contributed by atoms with Gasteiger partial charge in [0.05, 0.1) is 0 Å². The Morgan fingerprint density at radius 2 is 1.93 bits per heavy atom. The highest BCUT2D eigenvalue weighted by atomic mass is 14.7. The second-order valence-corrected chi connectivity index (χ2v) is 5.25. The van der Waals surface area contributed by atoms with E-state index < -0.39 is 0 Å². The molecule has 82 valence electrons. The molecule has 1 unspecified atom stereocenters. The zero-order chi connectivity index (χ0) is 11.1. The van der Waals surface area contributed by atoms with Crippen molar-refractivity contribution in [1.82, 2.24) is 0 Å². The molecule has 2 N–H and O–H groups in total. The number of hydrogen-bond acceptors (Lipinski definition) is 1. The standard InChI is InChI=1S/C14H21N/c1-10-4-5-13(8-11(10)2)9-14(6-7-14)12(3)15/h4-5,8,12H,6-7,9,15H2,1-3H3. The highest BCUT2D eigenvalue weighted by Crippen LogP contribution is 2.50. The SMILES string of the molecule is Cc1ccc(CC2(C(C)N)CC2)cc1C. The molecule has 1 aliphatic carbocycles. The molecule has 0 amide bonds. The van der Waals surface area contributed by atoms with E-state index in [9.17, 15) is 0 Å². The van der Waals surface area contributed by atoms with Crippen LogP contribution in [0.4, 0.5) is 0 Å². The molecule has 0 aliphatic heterocycles. The van der Waals surface area contributed by atoms with Gasteiger partial charge in [-0.2, -0.15) is 0 Å². The summed E-state index contributed by atoms with van der Waals surface area (Å²) in [5.41, 5.74) is 10.7. The molecule has 2 rings (SSSR count). The van der Waals surface area contributed by atoms with Crippen molar-refractivity contribution in [2.45, 2.75) is 46.1 Å². The lowest BCUT2D eigenvalue weighted by Crippen LogP contribution is -2.29. The lowest BCUT2D eigenvalue weighted by atomic mass is 9.89. The van der Waals surface area contributed by atoms with E-state index in [4.69, 9.17) is 5.73 Å². The number of nitrogens with two attached hydrogens (primary N) is 1. The number of aryl methyl sites for hydroxylation is 2. The fourth-order valence-electron chi connectivity index (χ4n) is 2.27. The molecule has 1 nitrogen and oxygen atoms in total. The van der Waals surface area contributed by atoms with Crippen LogP contribution in [-0.2, 0) is 6.42 Å². The van der Waals surface area contributed by atoms with Gasteiger partial charge in [-0.1, -0.05) is 18.2 Å². The Morgan fingerprint density at radius 3 is 2.40 bits per heavy atom. The largest absolute Gasteiger partial charge is 0.327 e. The van der Waals surface area contributed by atoms with Crippen LogP contribution in [-0.4, -0.2) is 6.04 Å². The summed E-state index contributed by atoms with van der Waals surface area (Å²) in [5, 5.41) is 0. The molecule has 0 heterocycles. The monoisotopic (exact) mass is 203 g/mol. The van der Waals surface area contributed by atoms with Gasteiger partial charge in [-0.25, -0.2) is 0 Å². The number of rotatable bonds is 3. The van der Waals surface area contributed by atoms with Gasteiger partial charge in [-0.3, -0.25) is 0 Å². The predicted molar refractivity (Wildman–Crippen MR) is 64.9 cm³/mol. The van der Waals surface area contributed by atoms with Crippen molar-refractivity contribution >= 4 is 0 Å². The third-order valence-electron chi connectivity index (χ3n) is 3.99. The van der Waals surface area contributed by atoms with Gasteiger partial charge in [0, 0.05) is 6.04 Å². The second-order valence-electron chi connectivity index (χ2n) is 5.25. The number of benzene rings is 1. The minimum atomic E-state index is 0.333. The predicted octanol–water partition coefficient (Wildman–Crippen LogP) is 2.97. The molecule has 1 aromatic carbocycles. The molecule has 1 fully saturated rings. The maximum Gasteiger partial charge on any atom is 0.00702 e. The Balaban J connectivity index is 2.15. The fourth-order valence-corrected chi connectivity index (χ4v) is 2.27. The minimum absolute atomic E-state index is 0.333. The van der Waals surface area contributed by atoms with Crippen molar-refractivity contribution in [2.75, 3.05) is 0 Å². The Bertz CT molecular complexity index is 362. The average Bonchev–Trinajstić information content (AvgIpc) is 2.93. The van der Waals surface area contributed by atoms with Crippen LogP contribution in [0.15, 0.2) is 18.2 Å². The molecule has 1 heteroatoms. The molecule has 1 aromatic rings. The first kappa shape index (κ1) is 10.7. The van der Waals surface area contributed by atoms with Crippen LogP contribution >= 0.6 is 0 Å². The normalized spacial score (nSPS) is 20.0. The van der Waals surface area contributed by atoms with Crippen molar-refractivity contribution in [3.8, 4) is 0 Å². The van der Waals surface area contributed by atoms with Gasteiger partial charge in [0.15, 0.2) is 0 Å². The molecule has 0 saturated heterocycles. The van der Waals surface area contributed by atoms with E-state index in [1.165, 1.54) is 29.5 Å². The highest BCUT2D eigenvalue weighted by molar-refractivity contribution is 5.31. The molecule has 0 radical (unpaired) electrons. The third-order valence-corrected chi connectivity index (χ3v) is 3.99. The average molecular weight is 203 g/mol. The molecule has 15 heavy (non-hydrogen) atoms. The lowest BCUT2D eigenvalue weighted by Gasteiger charge is -2.19. The minimum Gasteiger partial charge on any atom is -0.327 e. The summed E-state index contributed by atoms with van der Waals surface area (Å²) in [5.74, 6) is 0. The van der Waals surface area contributed by atoms with Crippen LogP contribution in [0.2, 0.25) is 0 Å².